The number of nitrogens with one attached hydrogen (secondary N) is 1. The van der Waals surface area contributed by atoms with E-state index in [0.717, 1.165) is 64.1 Å². The molecule has 0 saturated carbocycles. The number of amides is 1. The topological polar surface area (TPSA) is 71.1 Å². The number of rotatable bonds is 4. The Hall–Kier alpha value is -3.67. The summed E-state index contributed by atoms with van der Waals surface area (Å²) in [6.45, 7) is 3.48. The summed E-state index contributed by atoms with van der Waals surface area (Å²) in [5, 5.41) is 8.01. The largest absolute Gasteiger partial charge is 0.497 e. The summed E-state index contributed by atoms with van der Waals surface area (Å²) in [4.78, 5) is 20.2. The Morgan fingerprint density at radius 2 is 1.97 bits per heavy atom. The Balaban J connectivity index is 1.39. The first-order valence-electron chi connectivity index (χ1n) is 11.0. The van der Waals surface area contributed by atoms with Crippen molar-refractivity contribution < 1.29 is 9.53 Å². The van der Waals surface area contributed by atoms with Gasteiger partial charge in [-0.3, -0.25) is 9.89 Å². The Labute approximate surface area is 187 Å². The number of likely N-dealkylation sites (tertiary alicyclic amines) is 1. The van der Waals surface area contributed by atoms with Crippen molar-refractivity contribution in [2.24, 2.45) is 0 Å². The summed E-state index contributed by atoms with van der Waals surface area (Å²) in [5.41, 5.74) is 5.72. The highest BCUT2D eigenvalue weighted by Crippen LogP contribution is 2.31. The molecule has 1 saturated heterocycles. The van der Waals surface area contributed by atoms with Crippen molar-refractivity contribution in [1.82, 2.24) is 20.1 Å². The van der Waals surface area contributed by atoms with Crippen LogP contribution in [-0.4, -0.2) is 46.2 Å². The fraction of sp³-hybridized carbons (Fsp3) is 0.269. The Morgan fingerprint density at radius 3 is 2.78 bits per heavy atom. The van der Waals surface area contributed by atoms with Crippen LogP contribution in [-0.2, 0) is 0 Å². The van der Waals surface area contributed by atoms with Crippen molar-refractivity contribution >= 4 is 16.9 Å². The lowest BCUT2D eigenvalue weighted by Gasteiger charge is -2.33. The zero-order valence-electron chi connectivity index (χ0n) is 18.3. The van der Waals surface area contributed by atoms with Gasteiger partial charge in [0.25, 0.3) is 5.91 Å². The average molecular weight is 427 g/mol. The van der Waals surface area contributed by atoms with Gasteiger partial charge in [-0.05, 0) is 66.8 Å². The fourth-order valence-electron chi connectivity index (χ4n) is 4.59. The monoisotopic (exact) mass is 426 g/mol. The van der Waals surface area contributed by atoms with E-state index in [2.05, 4.69) is 22.3 Å². The molecular formula is C26H26N4O2. The minimum atomic E-state index is 0.0881. The molecule has 0 aliphatic carbocycles. The first-order chi connectivity index (χ1) is 15.6. The molecule has 5 rings (SSSR count). The van der Waals surface area contributed by atoms with Crippen molar-refractivity contribution in [3.63, 3.8) is 0 Å². The number of carbonyl (C=O) groups excluding carboxylic acids is 1. The van der Waals surface area contributed by atoms with Crippen LogP contribution < -0.4 is 4.74 Å². The number of fused-ring (bicyclic) bond motifs is 1. The van der Waals surface area contributed by atoms with E-state index in [0.29, 0.717) is 6.54 Å². The van der Waals surface area contributed by atoms with E-state index in [4.69, 9.17) is 9.72 Å². The summed E-state index contributed by atoms with van der Waals surface area (Å²) in [6, 6.07) is 18.0. The van der Waals surface area contributed by atoms with Crippen molar-refractivity contribution in [2.45, 2.75) is 25.7 Å². The van der Waals surface area contributed by atoms with Gasteiger partial charge < -0.3 is 9.64 Å². The molecule has 0 unspecified atom stereocenters. The van der Waals surface area contributed by atoms with Crippen LogP contribution in [0.2, 0.25) is 0 Å². The first kappa shape index (κ1) is 20.2. The summed E-state index contributed by atoms with van der Waals surface area (Å²) in [7, 11) is 1.66. The minimum Gasteiger partial charge on any atom is -0.497 e. The van der Waals surface area contributed by atoms with Crippen molar-refractivity contribution in [3.05, 3.63) is 77.6 Å². The molecule has 1 aliphatic rings. The fourth-order valence-corrected chi connectivity index (χ4v) is 4.59. The van der Waals surface area contributed by atoms with E-state index in [-0.39, 0.29) is 11.8 Å². The van der Waals surface area contributed by atoms with Gasteiger partial charge in [0, 0.05) is 35.7 Å². The van der Waals surface area contributed by atoms with E-state index in [1.54, 1.807) is 13.3 Å². The van der Waals surface area contributed by atoms with E-state index in [1.165, 1.54) is 0 Å². The molecule has 1 N–H and O–H groups in total. The van der Waals surface area contributed by atoms with Crippen LogP contribution in [0.25, 0.3) is 22.2 Å². The highest BCUT2D eigenvalue weighted by molar-refractivity contribution is 5.97. The van der Waals surface area contributed by atoms with Gasteiger partial charge >= 0.3 is 0 Å². The van der Waals surface area contributed by atoms with Crippen LogP contribution in [0.1, 0.15) is 40.4 Å². The lowest BCUT2D eigenvalue weighted by Crippen LogP contribution is -2.39. The molecule has 0 bridgehead atoms. The number of methoxy groups -OCH3 is 1. The number of piperidine rings is 1. The maximum Gasteiger partial charge on any atom is 0.254 e. The molecule has 6 nitrogen and oxygen atoms in total. The minimum absolute atomic E-state index is 0.0881. The number of aromatic amines is 1. The number of ether oxygens (including phenoxy) is 1. The highest BCUT2D eigenvalue weighted by atomic mass is 16.5. The predicted molar refractivity (Wildman–Crippen MR) is 125 cm³/mol. The smallest absolute Gasteiger partial charge is 0.254 e. The molecule has 6 heteroatoms. The number of hydrogen-bond donors (Lipinski definition) is 1. The predicted octanol–water partition coefficient (Wildman–Crippen LogP) is 4.96. The van der Waals surface area contributed by atoms with Gasteiger partial charge in [0.1, 0.15) is 5.75 Å². The van der Waals surface area contributed by atoms with Crippen LogP contribution in [0.5, 0.6) is 5.75 Å². The Morgan fingerprint density at radius 1 is 1.12 bits per heavy atom. The van der Waals surface area contributed by atoms with Gasteiger partial charge in [0.05, 0.1) is 13.3 Å². The zero-order chi connectivity index (χ0) is 22.1. The van der Waals surface area contributed by atoms with E-state index < -0.39 is 0 Å². The number of nitrogens with zero attached hydrogens (tertiary/aromatic N) is 3. The lowest BCUT2D eigenvalue weighted by molar-refractivity contribution is 0.0705. The number of carbonyl (C=O) groups is 1. The maximum atomic E-state index is 13.5. The Kier molecular flexibility index (Phi) is 5.35. The van der Waals surface area contributed by atoms with Gasteiger partial charge in [-0.25, -0.2) is 4.98 Å². The second-order valence-corrected chi connectivity index (χ2v) is 8.34. The molecule has 2 aromatic heterocycles. The number of H-pyrrole nitrogens is 1. The molecule has 2 aromatic carbocycles. The van der Waals surface area contributed by atoms with Crippen molar-refractivity contribution in [1.29, 1.82) is 0 Å². The summed E-state index contributed by atoms with van der Waals surface area (Å²) < 4.78 is 5.27. The molecular weight excluding hydrogens is 400 g/mol. The van der Waals surface area contributed by atoms with Gasteiger partial charge in [-0.15, -0.1) is 0 Å². The normalized spacial score (nSPS) is 16.3. The molecule has 1 atom stereocenters. The number of hydrogen-bond acceptors (Lipinski definition) is 4. The molecule has 162 valence electrons. The third-order valence-corrected chi connectivity index (χ3v) is 6.41. The molecule has 1 aliphatic heterocycles. The first-order valence-corrected chi connectivity index (χ1v) is 11.0. The lowest BCUT2D eigenvalue weighted by atomic mass is 9.92. The number of benzene rings is 2. The van der Waals surface area contributed by atoms with Gasteiger partial charge in [0.15, 0.2) is 5.65 Å². The molecule has 1 amide bonds. The van der Waals surface area contributed by atoms with Crippen molar-refractivity contribution in [2.75, 3.05) is 20.2 Å². The summed E-state index contributed by atoms with van der Waals surface area (Å²) in [6.07, 6.45) is 3.78. The molecule has 3 heterocycles. The summed E-state index contributed by atoms with van der Waals surface area (Å²) in [5.74, 6) is 1.13. The maximum absolute atomic E-state index is 13.5. The van der Waals surface area contributed by atoms with E-state index >= 15 is 0 Å². The van der Waals surface area contributed by atoms with Crippen LogP contribution in [0.15, 0.2) is 60.8 Å². The van der Waals surface area contributed by atoms with Crippen LogP contribution >= 0.6 is 0 Å². The second kappa shape index (κ2) is 8.46. The molecule has 32 heavy (non-hydrogen) atoms. The third kappa shape index (κ3) is 3.73. The van der Waals surface area contributed by atoms with Crippen LogP contribution in [0.4, 0.5) is 0 Å². The zero-order valence-corrected chi connectivity index (χ0v) is 18.3. The van der Waals surface area contributed by atoms with E-state index in [9.17, 15) is 4.79 Å². The Bertz CT molecular complexity index is 1260. The van der Waals surface area contributed by atoms with E-state index in [1.807, 2.05) is 54.3 Å². The molecule has 1 fully saturated rings. The van der Waals surface area contributed by atoms with Crippen LogP contribution in [0.3, 0.4) is 0 Å². The average Bonchev–Trinajstić information content (AvgIpc) is 3.32. The summed E-state index contributed by atoms with van der Waals surface area (Å²) >= 11 is 0. The van der Waals surface area contributed by atoms with Gasteiger partial charge in [-0.1, -0.05) is 24.3 Å². The quantitative estimate of drug-likeness (QED) is 0.501. The van der Waals surface area contributed by atoms with Crippen molar-refractivity contribution in [3.8, 4) is 16.9 Å². The van der Waals surface area contributed by atoms with Gasteiger partial charge in [0.2, 0.25) is 0 Å². The highest BCUT2D eigenvalue weighted by Gasteiger charge is 2.27. The number of pyridine rings is 1. The SMILES string of the molecule is COc1ccc(-c2cccc(C(=O)N3CCC[C@H](c4ccc5cn[nH]c5n4)C3)c2C)cc1. The van der Waals surface area contributed by atoms with Gasteiger partial charge in [-0.2, -0.15) is 5.10 Å². The number of aromatic nitrogens is 3. The molecule has 0 radical (unpaired) electrons. The molecule has 0 spiro atoms. The molecule has 4 aromatic rings. The standard InChI is InChI=1S/C26H26N4O2/c1-17-22(18-8-11-21(32-2)12-9-18)6-3-7-23(17)26(31)30-14-4-5-20(16-30)24-13-10-19-15-27-29-25(19)28-24/h3,6-13,15,20H,4-5,14,16H2,1-2H3,(H,27,28,29)/t20-/m0/s1. The third-order valence-electron chi connectivity index (χ3n) is 6.41. The second-order valence-electron chi connectivity index (χ2n) is 8.34. The van der Waals surface area contributed by atoms with Crippen LogP contribution in [0, 0.1) is 6.92 Å².